The van der Waals surface area contributed by atoms with Gasteiger partial charge >= 0.3 is 5.69 Å². The molecule has 0 bridgehead atoms. The van der Waals surface area contributed by atoms with Crippen LogP contribution in [0.2, 0.25) is 0 Å². The minimum absolute atomic E-state index is 0.121. The van der Waals surface area contributed by atoms with E-state index in [2.05, 4.69) is 10.4 Å². The summed E-state index contributed by atoms with van der Waals surface area (Å²) in [7, 11) is 0. The van der Waals surface area contributed by atoms with Gasteiger partial charge in [-0.05, 0) is 26.0 Å². The first kappa shape index (κ1) is 13.7. The highest BCUT2D eigenvalue weighted by atomic mass is 16.6. The number of nitro groups is 1. The monoisotopic (exact) mass is 274 g/mol. The molecule has 2 aromatic rings. The highest BCUT2D eigenvalue weighted by Crippen LogP contribution is 2.19. The number of nitrogens with one attached hydrogen (secondary N) is 1. The summed E-state index contributed by atoms with van der Waals surface area (Å²) in [6, 6.07) is 8.78. The summed E-state index contributed by atoms with van der Waals surface area (Å²) in [6.07, 6.45) is 1.24. The molecule has 0 aliphatic rings. The molecule has 7 nitrogen and oxygen atoms in total. The highest BCUT2D eigenvalue weighted by Gasteiger charge is 2.26. The number of para-hydroxylation sites is 1. The molecular weight excluding hydrogens is 260 g/mol. The molecule has 0 aliphatic heterocycles. The summed E-state index contributed by atoms with van der Waals surface area (Å²) in [5.74, 6) is -0.554. The second-order valence-corrected chi connectivity index (χ2v) is 4.53. The van der Waals surface area contributed by atoms with E-state index >= 15 is 0 Å². The lowest BCUT2D eigenvalue weighted by Gasteiger charge is -2.05. The van der Waals surface area contributed by atoms with Crippen molar-refractivity contribution in [3.63, 3.8) is 0 Å². The Morgan fingerprint density at radius 2 is 2.00 bits per heavy atom. The maximum atomic E-state index is 11.9. The zero-order valence-electron chi connectivity index (χ0n) is 11.1. The van der Waals surface area contributed by atoms with Gasteiger partial charge < -0.3 is 5.32 Å². The second kappa shape index (κ2) is 5.52. The van der Waals surface area contributed by atoms with Crippen molar-refractivity contribution in [2.45, 2.75) is 19.9 Å². The number of carbonyl (C=O) groups is 1. The molecule has 7 heteroatoms. The van der Waals surface area contributed by atoms with E-state index in [0.29, 0.717) is 5.69 Å². The quantitative estimate of drug-likeness (QED) is 0.681. The number of carbonyl (C=O) groups excluding carboxylic acids is 1. The lowest BCUT2D eigenvalue weighted by Crippen LogP contribution is -2.30. The molecule has 1 N–H and O–H groups in total. The van der Waals surface area contributed by atoms with Gasteiger partial charge in [0.1, 0.15) is 6.20 Å². The number of aromatic nitrogens is 2. The van der Waals surface area contributed by atoms with Crippen LogP contribution in [0.5, 0.6) is 0 Å². The molecule has 0 unspecified atom stereocenters. The van der Waals surface area contributed by atoms with Gasteiger partial charge in [-0.25, -0.2) is 4.68 Å². The van der Waals surface area contributed by atoms with Crippen LogP contribution >= 0.6 is 0 Å². The first-order valence-corrected chi connectivity index (χ1v) is 6.09. The van der Waals surface area contributed by atoms with E-state index in [1.807, 2.05) is 6.07 Å². The van der Waals surface area contributed by atoms with E-state index in [1.165, 1.54) is 10.9 Å². The maximum absolute atomic E-state index is 11.9. The van der Waals surface area contributed by atoms with E-state index in [4.69, 9.17) is 0 Å². The molecule has 1 aromatic carbocycles. The van der Waals surface area contributed by atoms with Gasteiger partial charge in [0.2, 0.25) is 5.69 Å². The van der Waals surface area contributed by atoms with Crippen molar-refractivity contribution >= 4 is 11.6 Å². The molecule has 104 valence electrons. The van der Waals surface area contributed by atoms with Gasteiger partial charge in [-0.1, -0.05) is 18.2 Å². The molecule has 0 spiro atoms. The van der Waals surface area contributed by atoms with Crippen LogP contribution in [0.15, 0.2) is 36.5 Å². The SMILES string of the molecule is CC(C)NC(=O)c1nn(-c2ccccc2)cc1[N+](=O)[O-]. The predicted molar refractivity (Wildman–Crippen MR) is 72.8 cm³/mol. The topological polar surface area (TPSA) is 90.1 Å². The van der Waals surface area contributed by atoms with Gasteiger partial charge in [-0.2, -0.15) is 5.10 Å². The Kier molecular flexibility index (Phi) is 3.79. The maximum Gasteiger partial charge on any atom is 0.320 e. The molecule has 0 aliphatic carbocycles. The summed E-state index contributed by atoms with van der Waals surface area (Å²) in [5.41, 5.74) is 0.152. The molecule has 1 amide bonds. The van der Waals surface area contributed by atoms with Crippen LogP contribution in [0, 0.1) is 10.1 Å². The van der Waals surface area contributed by atoms with Crippen molar-refractivity contribution < 1.29 is 9.72 Å². The summed E-state index contributed by atoms with van der Waals surface area (Å²) < 4.78 is 1.33. The lowest BCUT2D eigenvalue weighted by molar-refractivity contribution is -0.385. The van der Waals surface area contributed by atoms with Crippen LogP contribution in [-0.2, 0) is 0 Å². The van der Waals surface area contributed by atoms with Gasteiger partial charge in [0.15, 0.2) is 0 Å². The Bertz CT molecular complexity index is 634. The van der Waals surface area contributed by atoms with Crippen molar-refractivity contribution in [1.29, 1.82) is 0 Å². The van der Waals surface area contributed by atoms with Crippen LogP contribution in [0.3, 0.4) is 0 Å². The van der Waals surface area contributed by atoms with Crippen molar-refractivity contribution in [2.75, 3.05) is 0 Å². The molecule has 0 atom stereocenters. The van der Waals surface area contributed by atoms with Crippen LogP contribution in [-0.4, -0.2) is 26.7 Å². The average Bonchev–Trinajstić information content (AvgIpc) is 2.84. The van der Waals surface area contributed by atoms with Gasteiger partial charge in [0.05, 0.1) is 10.6 Å². The van der Waals surface area contributed by atoms with E-state index in [-0.39, 0.29) is 17.4 Å². The third-order valence-corrected chi connectivity index (χ3v) is 2.55. The lowest BCUT2D eigenvalue weighted by atomic mass is 10.3. The predicted octanol–water partition coefficient (Wildman–Crippen LogP) is 1.92. The fourth-order valence-electron chi connectivity index (χ4n) is 1.70. The Labute approximate surface area is 115 Å². The number of rotatable bonds is 4. The molecular formula is C13H14N4O3. The molecule has 0 fully saturated rings. The van der Waals surface area contributed by atoms with Gasteiger partial charge in [0.25, 0.3) is 5.91 Å². The van der Waals surface area contributed by atoms with E-state index in [0.717, 1.165) is 0 Å². The van der Waals surface area contributed by atoms with Crippen LogP contribution in [0.4, 0.5) is 5.69 Å². The van der Waals surface area contributed by atoms with Crippen molar-refractivity contribution in [1.82, 2.24) is 15.1 Å². The molecule has 2 rings (SSSR count). The largest absolute Gasteiger partial charge is 0.348 e. The number of hydrogen-bond acceptors (Lipinski definition) is 4. The minimum atomic E-state index is -0.609. The average molecular weight is 274 g/mol. The third-order valence-electron chi connectivity index (χ3n) is 2.55. The summed E-state index contributed by atoms with van der Waals surface area (Å²) >= 11 is 0. The summed E-state index contributed by atoms with van der Waals surface area (Å²) in [4.78, 5) is 22.4. The van der Waals surface area contributed by atoms with Crippen molar-refractivity contribution in [3.05, 3.63) is 52.3 Å². The third kappa shape index (κ3) is 2.82. The van der Waals surface area contributed by atoms with Crippen LogP contribution < -0.4 is 5.32 Å². The van der Waals surface area contributed by atoms with Gasteiger partial charge in [-0.15, -0.1) is 0 Å². The summed E-state index contributed by atoms with van der Waals surface area (Å²) in [6.45, 7) is 3.55. The van der Waals surface area contributed by atoms with E-state index in [9.17, 15) is 14.9 Å². The molecule has 0 saturated carbocycles. The number of benzene rings is 1. The highest BCUT2D eigenvalue weighted by molar-refractivity contribution is 5.96. The van der Waals surface area contributed by atoms with Crippen molar-refractivity contribution in [2.24, 2.45) is 0 Å². The number of nitrogens with zero attached hydrogens (tertiary/aromatic N) is 3. The normalized spacial score (nSPS) is 10.6. The van der Waals surface area contributed by atoms with E-state index < -0.39 is 10.8 Å². The minimum Gasteiger partial charge on any atom is -0.348 e. The van der Waals surface area contributed by atoms with Gasteiger partial charge in [0, 0.05) is 6.04 Å². The molecule has 20 heavy (non-hydrogen) atoms. The first-order chi connectivity index (χ1) is 9.49. The van der Waals surface area contributed by atoms with Gasteiger partial charge in [-0.3, -0.25) is 14.9 Å². The summed E-state index contributed by atoms with van der Waals surface area (Å²) in [5, 5.41) is 17.6. The zero-order chi connectivity index (χ0) is 14.7. The second-order valence-electron chi connectivity index (χ2n) is 4.53. The smallest absolute Gasteiger partial charge is 0.320 e. The molecule has 0 radical (unpaired) electrons. The Morgan fingerprint density at radius 3 is 2.55 bits per heavy atom. The number of amides is 1. The zero-order valence-corrected chi connectivity index (χ0v) is 11.1. The van der Waals surface area contributed by atoms with E-state index in [1.54, 1.807) is 38.1 Å². The first-order valence-electron chi connectivity index (χ1n) is 6.09. The van der Waals surface area contributed by atoms with Crippen LogP contribution in [0.25, 0.3) is 5.69 Å². The van der Waals surface area contributed by atoms with Crippen molar-refractivity contribution in [3.8, 4) is 5.69 Å². The number of hydrogen-bond donors (Lipinski definition) is 1. The molecule has 1 aromatic heterocycles. The molecule has 0 saturated heterocycles. The molecule has 1 heterocycles. The Balaban J connectivity index is 2.44. The fraction of sp³-hybridized carbons (Fsp3) is 0.231. The standard InChI is InChI=1S/C13H14N4O3/c1-9(2)14-13(18)12-11(17(19)20)8-16(15-12)10-6-4-3-5-7-10/h3-9H,1-2H3,(H,14,18). The van der Waals surface area contributed by atoms with Crippen LogP contribution in [0.1, 0.15) is 24.3 Å². The Hall–Kier alpha value is -2.70. The Morgan fingerprint density at radius 1 is 1.35 bits per heavy atom. The fourth-order valence-corrected chi connectivity index (χ4v) is 1.70.